The van der Waals surface area contributed by atoms with Crippen LogP contribution in [0.1, 0.15) is 25.0 Å². The van der Waals surface area contributed by atoms with Gasteiger partial charge in [0.25, 0.3) is 0 Å². The third-order valence-electron chi connectivity index (χ3n) is 4.71. The Balaban J connectivity index is 1.53. The highest BCUT2D eigenvalue weighted by molar-refractivity contribution is 5.79. The maximum atomic E-state index is 11.4. The smallest absolute Gasteiger partial charge is 0.336 e. The zero-order chi connectivity index (χ0) is 17.4. The lowest BCUT2D eigenvalue weighted by molar-refractivity contribution is -0.0921. The Hall–Kier alpha value is -2.59. The average molecular weight is 336 g/mol. The molecule has 0 fully saturated rings. The van der Waals surface area contributed by atoms with Gasteiger partial charge in [0.2, 0.25) is 0 Å². The first-order chi connectivity index (χ1) is 12.0. The molecule has 25 heavy (non-hydrogen) atoms. The summed E-state index contributed by atoms with van der Waals surface area (Å²) in [5.74, 6) is 0.767. The number of benzene rings is 2. The van der Waals surface area contributed by atoms with Crippen LogP contribution in [0.3, 0.4) is 0 Å². The second-order valence-corrected chi connectivity index (χ2v) is 6.94. The van der Waals surface area contributed by atoms with Crippen molar-refractivity contribution >= 4 is 11.0 Å². The summed E-state index contributed by atoms with van der Waals surface area (Å²) < 4.78 is 17.5. The van der Waals surface area contributed by atoms with Crippen molar-refractivity contribution in [3.05, 3.63) is 76.1 Å². The fraction of sp³-hybridized carbons (Fsp3) is 0.286. The van der Waals surface area contributed by atoms with Crippen LogP contribution >= 0.6 is 0 Å². The molecule has 1 aromatic heterocycles. The molecule has 4 nitrogen and oxygen atoms in total. The fourth-order valence-corrected chi connectivity index (χ4v) is 3.13. The first-order valence-corrected chi connectivity index (χ1v) is 8.43. The van der Waals surface area contributed by atoms with Gasteiger partial charge in [0.1, 0.15) is 23.0 Å². The average Bonchev–Trinajstić information content (AvgIpc) is 3.03. The molecule has 0 spiro atoms. The number of fused-ring (bicyclic) bond motifs is 2. The van der Waals surface area contributed by atoms with Crippen LogP contribution in [0.2, 0.25) is 0 Å². The van der Waals surface area contributed by atoms with Crippen molar-refractivity contribution in [1.82, 2.24) is 0 Å². The molecule has 0 N–H and O–H groups in total. The highest BCUT2D eigenvalue weighted by Crippen LogP contribution is 2.37. The zero-order valence-electron chi connectivity index (χ0n) is 14.3. The van der Waals surface area contributed by atoms with E-state index >= 15 is 0 Å². The van der Waals surface area contributed by atoms with E-state index in [1.807, 2.05) is 38.1 Å². The van der Waals surface area contributed by atoms with Gasteiger partial charge in [-0.15, -0.1) is 0 Å². The summed E-state index contributed by atoms with van der Waals surface area (Å²) in [5, 5.41) is 0.908. The fourth-order valence-electron chi connectivity index (χ4n) is 3.13. The first kappa shape index (κ1) is 15.9. The van der Waals surface area contributed by atoms with Crippen molar-refractivity contribution in [3.8, 4) is 5.75 Å². The predicted octanol–water partition coefficient (Wildman–Crippen LogP) is 4.09. The second kappa shape index (κ2) is 6.05. The molecule has 0 amide bonds. The summed E-state index contributed by atoms with van der Waals surface area (Å²) >= 11 is 0. The van der Waals surface area contributed by atoms with Gasteiger partial charge in [-0.3, -0.25) is 0 Å². The maximum Gasteiger partial charge on any atom is 0.336 e. The molecular formula is C21H20O4. The van der Waals surface area contributed by atoms with Crippen molar-refractivity contribution in [2.45, 2.75) is 38.6 Å². The Bertz CT molecular complexity index is 957. The lowest BCUT2D eigenvalue weighted by Gasteiger charge is -2.31. The van der Waals surface area contributed by atoms with E-state index in [0.717, 1.165) is 28.7 Å². The zero-order valence-corrected chi connectivity index (χ0v) is 14.3. The van der Waals surface area contributed by atoms with Crippen molar-refractivity contribution in [2.75, 3.05) is 0 Å². The number of hydrogen-bond acceptors (Lipinski definition) is 4. The highest BCUT2D eigenvalue weighted by atomic mass is 16.6. The summed E-state index contributed by atoms with van der Waals surface area (Å²) in [7, 11) is 0. The van der Waals surface area contributed by atoms with Gasteiger partial charge >= 0.3 is 5.63 Å². The topological polar surface area (TPSA) is 48.7 Å². The second-order valence-electron chi connectivity index (χ2n) is 6.94. The van der Waals surface area contributed by atoms with Crippen LogP contribution in [0.4, 0.5) is 0 Å². The van der Waals surface area contributed by atoms with Crippen LogP contribution in [0.25, 0.3) is 11.0 Å². The largest absolute Gasteiger partial charge is 0.487 e. The summed E-state index contributed by atoms with van der Waals surface area (Å²) in [4.78, 5) is 11.4. The van der Waals surface area contributed by atoms with Crippen molar-refractivity contribution in [1.29, 1.82) is 0 Å². The van der Waals surface area contributed by atoms with Crippen molar-refractivity contribution in [2.24, 2.45) is 0 Å². The molecule has 0 saturated carbocycles. The van der Waals surface area contributed by atoms with Crippen molar-refractivity contribution in [3.63, 3.8) is 0 Å². The molecule has 1 atom stereocenters. The molecule has 4 heteroatoms. The molecule has 0 aliphatic carbocycles. The minimum Gasteiger partial charge on any atom is -0.487 e. The lowest BCUT2D eigenvalue weighted by atomic mass is 9.96. The molecule has 3 aromatic rings. The third-order valence-corrected chi connectivity index (χ3v) is 4.71. The summed E-state index contributed by atoms with van der Waals surface area (Å²) in [6, 6.07) is 17.2. The van der Waals surface area contributed by atoms with E-state index in [9.17, 15) is 4.79 Å². The summed E-state index contributed by atoms with van der Waals surface area (Å²) in [6.07, 6.45) is 0.682. The molecule has 128 valence electrons. The highest BCUT2D eigenvalue weighted by Gasteiger charge is 2.37. The van der Waals surface area contributed by atoms with Crippen LogP contribution in [-0.2, 0) is 17.8 Å². The standard InChI is InChI=1S/C21H20O4/c1-21(2,23-13-14-6-4-3-5-7-14)19-11-16-10-15-8-9-20(22)25-17(15)12-18(16)24-19/h3-10,12,19H,11,13H2,1-2H3/t19-/m0/s1. The molecule has 2 aromatic carbocycles. The van der Waals surface area contributed by atoms with Crippen molar-refractivity contribution < 1.29 is 13.9 Å². The Morgan fingerprint density at radius 2 is 1.92 bits per heavy atom. The SMILES string of the molecule is CC(C)(OCc1ccccc1)[C@@H]1Cc2cc3ccc(=O)oc3cc2O1. The van der Waals surface area contributed by atoms with Crippen LogP contribution < -0.4 is 10.4 Å². The van der Waals surface area contributed by atoms with Gasteiger partial charge in [-0.05, 0) is 37.1 Å². The van der Waals surface area contributed by atoms with E-state index < -0.39 is 5.60 Å². The van der Waals surface area contributed by atoms with E-state index in [1.54, 1.807) is 12.1 Å². The Kier molecular flexibility index (Phi) is 3.85. The Morgan fingerprint density at radius 3 is 2.72 bits per heavy atom. The van der Waals surface area contributed by atoms with Gasteiger partial charge in [-0.25, -0.2) is 4.79 Å². The molecule has 1 aliphatic heterocycles. The van der Waals surface area contributed by atoms with Gasteiger partial charge in [0.15, 0.2) is 0 Å². The predicted molar refractivity (Wildman–Crippen MR) is 95.9 cm³/mol. The minimum atomic E-state index is -0.443. The molecule has 0 unspecified atom stereocenters. The molecule has 1 aliphatic rings. The number of rotatable bonds is 4. The van der Waals surface area contributed by atoms with Gasteiger partial charge in [0.05, 0.1) is 6.61 Å². The molecule has 0 radical (unpaired) electrons. The number of hydrogen-bond donors (Lipinski definition) is 0. The first-order valence-electron chi connectivity index (χ1n) is 8.43. The quantitative estimate of drug-likeness (QED) is 0.673. The Labute approximate surface area is 146 Å². The molecule has 0 saturated heterocycles. The van der Waals surface area contributed by atoms with E-state index in [1.165, 1.54) is 6.07 Å². The molecule has 4 rings (SSSR count). The lowest BCUT2D eigenvalue weighted by Crippen LogP contribution is -2.42. The van der Waals surface area contributed by atoms with Gasteiger partial charge < -0.3 is 13.9 Å². The summed E-state index contributed by atoms with van der Waals surface area (Å²) in [5.41, 5.74) is 2.01. The third kappa shape index (κ3) is 3.17. The van der Waals surface area contributed by atoms with Crippen LogP contribution in [-0.4, -0.2) is 11.7 Å². The van der Waals surface area contributed by atoms with Gasteiger partial charge in [-0.1, -0.05) is 30.3 Å². The molecular weight excluding hydrogens is 316 g/mol. The van der Waals surface area contributed by atoms with E-state index in [-0.39, 0.29) is 11.7 Å². The molecule has 2 heterocycles. The van der Waals surface area contributed by atoms with Crippen LogP contribution in [0.5, 0.6) is 5.75 Å². The maximum absolute atomic E-state index is 11.4. The van der Waals surface area contributed by atoms with Gasteiger partial charge in [-0.2, -0.15) is 0 Å². The molecule has 0 bridgehead atoms. The number of ether oxygens (including phenoxy) is 2. The van der Waals surface area contributed by atoms with Gasteiger partial charge in [0, 0.05) is 23.9 Å². The van der Waals surface area contributed by atoms with Crippen LogP contribution in [0, 0.1) is 0 Å². The van der Waals surface area contributed by atoms with E-state index in [2.05, 4.69) is 12.1 Å². The normalized spacial score (nSPS) is 16.6. The van der Waals surface area contributed by atoms with Crippen LogP contribution in [0.15, 0.2) is 63.8 Å². The van der Waals surface area contributed by atoms with E-state index in [4.69, 9.17) is 13.9 Å². The minimum absolute atomic E-state index is 0.0882. The summed E-state index contributed by atoms with van der Waals surface area (Å²) in [6.45, 7) is 4.64. The monoisotopic (exact) mass is 336 g/mol. The van der Waals surface area contributed by atoms with E-state index in [0.29, 0.717) is 12.2 Å². The Morgan fingerprint density at radius 1 is 1.12 bits per heavy atom.